The number of hydrogen-bond donors (Lipinski definition) is 3. The third kappa shape index (κ3) is 6.13. The predicted molar refractivity (Wildman–Crippen MR) is 159 cm³/mol. The van der Waals surface area contributed by atoms with Crippen LogP contribution in [0.25, 0.3) is 10.9 Å². The molecule has 2 aromatic carbocycles. The number of anilines is 2. The molecule has 0 spiro atoms. The average Bonchev–Trinajstić information content (AvgIpc) is 2.90. The first-order chi connectivity index (χ1) is 19.8. The first-order valence-electron chi connectivity index (χ1n) is 13.7. The molecule has 13 heteroatoms. The zero-order chi connectivity index (χ0) is 30.2. The maximum Gasteiger partial charge on any atom is 0.424 e. The summed E-state index contributed by atoms with van der Waals surface area (Å²) in [5.74, 6) is -0.524. The van der Waals surface area contributed by atoms with Crippen molar-refractivity contribution in [2.24, 2.45) is 0 Å². The Morgan fingerprint density at radius 1 is 1.07 bits per heavy atom. The quantitative estimate of drug-likeness (QED) is 0.390. The van der Waals surface area contributed by atoms with Gasteiger partial charge in [0.15, 0.2) is 0 Å². The lowest BCUT2D eigenvalue weighted by Crippen LogP contribution is -2.61. The molecule has 0 unspecified atom stereocenters. The Kier molecular flexibility index (Phi) is 8.01. The Morgan fingerprint density at radius 2 is 1.79 bits per heavy atom. The standard InChI is InChI=1S/C29H35N5O7S/c1-18-13-26(35)32-24-7-5-19(14-22(18)24)31-27(36)23-15-21(6-8-25(23)33-9-11-40-12-10-33)42(38,39)34(20-16-30-17-20)28(37)41-29(2,3)4/h5-8,13-15,20,30H,9-12,16-17H2,1-4H3,(H,31,36)(H,32,35). The molecule has 0 bridgehead atoms. The summed E-state index contributed by atoms with van der Waals surface area (Å²) < 4.78 is 39.5. The van der Waals surface area contributed by atoms with Crippen LogP contribution in [0.2, 0.25) is 0 Å². The molecule has 0 radical (unpaired) electrons. The van der Waals surface area contributed by atoms with Gasteiger partial charge in [0.1, 0.15) is 5.60 Å². The lowest BCUT2D eigenvalue weighted by molar-refractivity contribution is 0.0303. The number of H-pyrrole nitrogens is 1. The van der Waals surface area contributed by atoms with Crippen molar-refractivity contribution in [3.05, 3.63) is 63.9 Å². The van der Waals surface area contributed by atoms with Gasteiger partial charge in [-0.2, -0.15) is 4.31 Å². The monoisotopic (exact) mass is 597 g/mol. The highest BCUT2D eigenvalue weighted by Gasteiger charge is 2.41. The third-order valence-corrected chi connectivity index (χ3v) is 8.91. The van der Waals surface area contributed by atoms with E-state index in [4.69, 9.17) is 9.47 Å². The Hall–Kier alpha value is -3.94. The summed E-state index contributed by atoms with van der Waals surface area (Å²) in [6.07, 6.45) is -0.971. The number of amides is 2. The Labute approximate surface area is 244 Å². The van der Waals surface area contributed by atoms with Gasteiger partial charge in [-0.25, -0.2) is 13.2 Å². The van der Waals surface area contributed by atoms with E-state index in [0.717, 1.165) is 15.3 Å². The summed E-state index contributed by atoms with van der Waals surface area (Å²) in [6.45, 7) is 9.37. The van der Waals surface area contributed by atoms with Crippen LogP contribution in [0.4, 0.5) is 16.2 Å². The molecule has 1 aromatic heterocycles. The molecule has 2 fully saturated rings. The fourth-order valence-corrected chi connectivity index (χ4v) is 6.45. The number of aromatic amines is 1. The molecule has 224 valence electrons. The lowest BCUT2D eigenvalue weighted by atomic mass is 10.1. The number of benzene rings is 2. The van der Waals surface area contributed by atoms with Crippen molar-refractivity contribution in [2.75, 3.05) is 49.6 Å². The zero-order valence-electron chi connectivity index (χ0n) is 24.0. The summed E-state index contributed by atoms with van der Waals surface area (Å²) in [4.78, 5) is 43.3. The molecule has 2 aliphatic rings. The number of aryl methyl sites for hydroxylation is 1. The minimum absolute atomic E-state index is 0.132. The van der Waals surface area contributed by atoms with Gasteiger partial charge in [-0.05, 0) is 69.7 Å². The summed E-state index contributed by atoms with van der Waals surface area (Å²) in [5, 5.41) is 6.64. The van der Waals surface area contributed by atoms with E-state index in [-0.39, 0.29) is 16.0 Å². The summed E-state index contributed by atoms with van der Waals surface area (Å²) >= 11 is 0. The van der Waals surface area contributed by atoms with E-state index < -0.39 is 33.7 Å². The number of nitrogens with zero attached hydrogens (tertiary/aromatic N) is 2. The fraction of sp³-hybridized carbons (Fsp3) is 0.414. The SMILES string of the molecule is Cc1cc(=O)[nH]c2ccc(NC(=O)c3cc(S(=O)(=O)N(C(=O)OC(C)(C)C)C4CNC4)ccc3N3CCOCC3)cc12. The topological polar surface area (TPSA) is 150 Å². The number of rotatable bonds is 6. The molecular formula is C29H35N5O7S. The van der Waals surface area contributed by atoms with Gasteiger partial charge in [0.05, 0.1) is 29.7 Å². The second-order valence-corrected chi connectivity index (χ2v) is 13.2. The maximum atomic E-state index is 13.9. The van der Waals surface area contributed by atoms with Crippen LogP contribution < -0.4 is 21.1 Å². The van der Waals surface area contributed by atoms with Crippen LogP contribution in [-0.2, 0) is 19.5 Å². The maximum absolute atomic E-state index is 13.9. The fourth-order valence-electron chi connectivity index (χ4n) is 4.94. The zero-order valence-corrected chi connectivity index (χ0v) is 24.8. The molecule has 12 nitrogen and oxygen atoms in total. The van der Waals surface area contributed by atoms with Crippen molar-refractivity contribution in [1.29, 1.82) is 0 Å². The van der Waals surface area contributed by atoms with Crippen LogP contribution in [0.5, 0.6) is 0 Å². The number of ether oxygens (including phenoxy) is 2. The van der Waals surface area contributed by atoms with E-state index in [1.54, 1.807) is 45.0 Å². The molecule has 0 atom stereocenters. The third-order valence-electron chi connectivity index (χ3n) is 7.09. The van der Waals surface area contributed by atoms with Crippen LogP contribution in [0.1, 0.15) is 36.7 Å². The molecule has 5 rings (SSSR count). The highest BCUT2D eigenvalue weighted by molar-refractivity contribution is 7.89. The first-order valence-corrected chi connectivity index (χ1v) is 15.2. The van der Waals surface area contributed by atoms with E-state index in [1.807, 2.05) is 11.8 Å². The van der Waals surface area contributed by atoms with Crippen molar-refractivity contribution >= 4 is 44.3 Å². The van der Waals surface area contributed by atoms with Gasteiger partial charge in [0.2, 0.25) is 5.56 Å². The summed E-state index contributed by atoms with van der Waals surface area (Å²) in [6, 6.07) is 10.3. The minimum atomic E-state index is -4.39. The number of carbonyl (C=O) groups is 2. The molecule has 42 heavy (non-hydrogen) atoms. The number of morpholine rings is 1. The largest absolute Gasteiger partial charge is 0.443 e. The number of sulfonamides is 1. The van der Waals surface area contributed by atoms with Gasteiger partial charge in [0, 0.05) is 54.5 Å². The number of hydrogen-bond acceptors (Lipinski definition) is 9. The molecular weight excluding hydrogens is 562 g/mol. The predicted octanol–water partition coefficient (Wildman–Crippen LogP) is 2.82. The molecule has 3 N–H and O–H groups in total. The number of aromatic nitrogens is 1. The van der Waals surface area contributed by atoms with Crippen molar-refractivity contribution < 1.29 is 27.5 Å². The van der Waals surface area contributed by atoms with E-state index in [1.165, 1.54) is 18.2 Å². The number of nitrogens with one attached hydrogen (secondary N) is 3. The van der Waals surface area contributed by atoms with E-state index in [9.17, 15) is 22.8 Å². The van der Waals surface area contributed by atoms with Crippen LogP contribution in [0.15, 0.2) is 52.2 Å². The molecule has 2 aliphatic heterocycles. The van der Waals surface area contributed by atoms with Gasteiger partial charge >= 0.3 is 6.09 Å². The van der Waals surface area contributed by atoms with Crippen LogP contribution in [0, 0.1) is 6.92 Å². The van der Waals surface area contributed by atoms with Gasteiger partial charge in [0.25, 0.3) is 15.9 Å². The number of pyridine rings is 1. The van der Waals surface area contributed by atoms with Crippen molar-refractivity contribution in [2.45, 2.75) is 44.2 Å². The summed E-state index contributed by atoms with van der Waals surface area (Å²) in [7, 11) is -4.39. The molecule has 2 saturated heterocycles. The van der Waals surface area contributed by atoms with Crippen LogP contribution in [0.3, 0.4) is 0 Å². The molecule has 3 aromatic rings. The van der Waals surface area contributed by atoms with Gasteiger partial charge in [-0.3, -0.25) is 9.59 Å². The Balaban J connectivity index is 1.54. The van der Waals surface area contributed by atoms with Crippen LogP contribution in [-0.4, -0.2) is 80.7 Å². The van der Waals surface area contributed by atoms with Gasteiger partial charge in [-0.15, -0.1) is 0 Å². The highest BCUT2D eigenvalue weighted by Crippen LogP contribution is 2.30. The normalized spacial score (nSPS) is 16.1. The lowest BCUT2D eigenvalue weighted by Gasteiger charge is -2.38. The molecule has 0 saturated carbocycles. The molecule has 0 aliphatic carbocycles. The number of fused-ring (bicyclic) bond motifs is 1. The average molecular weight is 598 g/mol. The van der Waals surface area contributed by atoms with Crippen molar-refractivity contribution in [3.8, 4) is 0 Å². The van der Waals surface area contributed by atoms with E-state index in [2.05, 4.69) is 15.6 Å². The second-order valence-electron chi connectivity index (χ2n) is 11.4. The Bertz CT molecular complexity index is 1690. The van der Waals surface area contributed by atoms with Gasteiger partial charge in [-0.1, -0.05) is 0 Å². The van der Waals surface area contributed by atoms with Crippen molar-refractivity contribution in [3.63, 3.8) is 0 Å². The first kappa shape index (κ1) is 29.5. The summed E-state index contributed by atoms with van der Waals surface area (Å²) in [5.41, 5.74) is 1.41. The molecule has 3 heterocycles. The minimum Gasteiger partial charge on any atom is -0.443 e. The number of carbonyl (C=O) groups excluding carboxylic acids is 2. The molecule has 2 amide bonds. The van der Waals surface area contributed by atoms with Gasteiger partial charge < -0.3 is 30.0 Å². The second kappa shape index (κ2) is 11.4. The smallest absolute Gasteiger partial charge is 0.424 e. The Morgan fingerprint density at radius 3 is 2.43 bits per heavy atom. The van der Waals surface area contributed by atoms with E-state index in [0.29, 0.717) is 56.3 Å². The van der Waals surface area contributed by atoms with Crippen LogP contribution >= 0.6 is 0 Å². The van der Waals surface area contributed by atoms with E-state index >= 15 is 0 Å². The highest BCUT2D eigenvalue weighted by atomic mass is 32.2. The van der Waals surface area contributed by atoms with Crippen molar-refractivity contribution in [1.82, 2.24) is 14.6 Å².